The van der Waals surface area contributed by atoms with Gasteiger partial charge in [-0.15, -0.1) is 0 Å². The Hall–Kier alpha value is -2.08. The van der Waals surface area contributed by atoms with Crippen LogP contribution >= 0.6 is 0 Å². The third kappa shape index (κ3) is 2.60. The Balaban J connectivity index is 2.11. The molecule has 4 N–H and O–H groups in total. The maximum atomic E-state index is 10.9. The van der Waals surface area contributed by atoms with Gasteiger partial charge in [-0.05, 0) is 26.0 Å². The van der Waals surface area contributed by atoms with Crippen molar-refractivity contribution < 1.29 is 9.21 Å². The molecule has 0 bridgehead atoms. The minimum Gasteiger partial charge on any atom is -0.460 e. The first-order chi connectivity index (χ1) is 8.58. The lowest BCUT2D eigenvalue weighted by Crippen LogP contribution is -2.38. The summed E-state index contributed by atoms with van der Waals surface area (Å²) in [6, 6.07) is 3.38. The molecule has 0 aliphatic carbocycles. The molecular weight excluding hydrogens is 232 g/mol. The highest BCUT2D eigenvalue weighted by Crippen LogP contribution is 2.23. The molecule has 6 nitrogen and oxygen atoms in total. The van der Waals surface area contributed by atoms with Gasteiger partial charge in [0, 0.05) is 12.1 Å². The Labute approximate surface area is 105 Å². The summed E-state index contributed by atoms with van der Waals surface area (Å²) < 4.78 is 5.53. The molecule has 0 aliphatic heterocycles. The summed E-state index contributed by atoms with van der Waals surface area (Å²) in [5, 5.41) is 9.90. The van der Waals surface area contributed by atoms with Crippen molar-refractivity contribution in [2.24, 2.45) is 5.73 Å². The zero-order valence-corrected chi connectivity index (χ0v) is 10.4. The molecule has 1 unspecified atom stereocenters. The van der Waals surface area contributed by atoms with Gasteiger partial charge < -0.3 is 15.5 Å². The number of carbonyl (C=O) groups is 1. The van der Waals surface area contributed by atoms with E-state index in [1.165, 1.54) is 0 Å². The molecule has 2 aromatic rings. The minimum atomic E-state index is -0.383. The molecule has 0 fully saturated rings. The number of aromatic nitrogens is 2. The van der Waals surface area contributed by atoms with Gasteiger partial charge >= 0.3 is 0 Å². The van der Waals surface area contributed by atoms with Crippen LogP contribution in [0.3, 0.4) is 0 Å². The van der Waals surface area contributed by atoms with Crippen molar-refractivity contribution in [3.8, 4) is 11.5 Å². The zero-order chi connectivity index (χ0) is 13.1. The molecule has 2 rings (SSSR count). The maximum Gasteiger partial charge on any atom is 0.234 e. The van der Waals surface area contributed by atoms with Gasteiger partial charge in [0.1, 0.15) is 11.5 Å². The van der Waals surface area contributed by atoms with Crippen LogP contribution in [0.25, 0.3) is 11.5 Å². The molecule has 0 radical (unpaired) electrons. The zero-order valence-electron chi connectivity index (χ0n) is 10.4. The lowest BCUT2D eigenvalue weighted by molar-refractivity contribution is -0.119. The minimum absolute atomic E-state index is 0.381. The first-order valence-electron chi connectivity index (χ1n) is 5.69. The Kier molecular flexibility index (Phi) is 3.47. The maximum absolute atomic E-state index is 10.9. The number of aryl methyl sites for hydroxylation is 1. The van der Waals surface area contributed by atoms with Crippen molar-refractivity contribution in [1.82, 2.24) is 15.5 Å². The number of hydrogen-bond acceptors (Lipinski definition) is 4. The van der Waals surface area contributed by atoms with Gasteiger partial charge in [-0.2, -0.15) is 5.10 Å². The van der Waals surface area contributed by atoms with E-state index in [2.05, 4.69) is 15.5 Å². The second-order valence-corrected chi connectivity index (χ2v) is 4.19. The number of nitrogens with two attached hydrogens (primary N) is 1. The van der Waals surface area contributed by atoms with Crippen molar-refractivity contribution in [3.05, 3.63) is 29.7 Å². The highest BCUT2D eigenvalue weighted by molar-refractivity contribution is 5.79. The Bertz CT molecular complexity index is 544. The van der Waals surface area contributed by atoms with E-state index < -0.39 is 0 Å². The van der Waals surface area contributed by atoms with Crippen LogP contribution < -0.4 is 11.1 Å². The van der Waals surface area contributed by atoms with E-state index >= 15 is 0 Å². The van der Waals surface area contributed by atoms with E-state index in [9.17, 15) is 4.79 Å². The van der Waals surface area contributed by atoms with Gasteiger partial charge in [0.15, 0.2) is 5.76 Å². The number of primary amides is 1. The van der Waals surface area contributed by atoms with Crippen LogP contribution in [0.5, 0.6) is 0 Å². The summed E-state index contributed by atoms with van der Waals surface area (Å²) >= 11 is 0. The third-order valence-electron chi connectivity index (χ3n) is 2.73. The normalized spacial score (nSPS) is 12.6. The number of nitrogens with zero attached hydrogens (tertiary/aromatic N) is 1. The monoisotopic (exact) mass is 248 g/mol. The van der Waals surface area contributed by atoms with Gasteiger partial charge in [-0.3, -0.25) is 9.89 Å². The van der Waals surface area contributed by atoms with Crippen molar-refractivity contribution in [2.75, 3.05) is 0 Å². The fourth-order valence-corrected chi connectivity index (χ4v) is 1.59. The smallest absolute Gasteiger partial charge is 0.234 e. The molecule has 18 heavy (non-hydrogen) atoms. The van der Waals surface area contributed by atoms with Gasteiger partial charge in [0.25, 0.3) is 0 Å². The number of rotatable bonds is 5. The van der Waals surface area contributed by atoms with Crippen molar-refractivity contribution in [1.29, 1.82) is 0 Å². The first-order valence-corrected chi connectivity index (χ1v) is 5.69. The number of carbonyl (C=O) groups excluding carboxylic acids is 1. The summed E-state index contributed by atoms with van der Waals surface area (Å²) in [6.07, 6.45) is 1.70. The molecule has 2 aromatic heterocycles. The van der Waals surface area contributed by atoms with Gasteiger partial charge in [-0.25, -0.2) is 0 Å². The van der Waals surface area contributed by atoms with Crippen LogP contribution in [0.4, 0.5) is 0 Å². The summed E-state index contributed by atoms with van der Waals surface area (Å²) in [5.41, 5.74) is 6.93. The molecule has 96 valence electrons. The number of nitrogens with one attached hydrogen (secondary N) is 2. The summed E-state index contributed by atoms with van der Waals surface area (Å²) in [4.78, 5) is 10.9. The number of hydrogen-bond donors (Lipinski definition) is 3. The number of furan rings is 1. The van der Waals surface area contributed by atoms with Crippen LogP contribution in [0.15, 0.2) is 22.7 Å². The van der Waals surface area contributed by atoms with Crippen LogP contribution in [0.2, 0.25) is 0 Å². The standard InChI is InChI=1S/C12H16N4O2/c1-7-3-4-10(18-7)11-9(6-15-16-11)5-14-8(2)12(13)17/h3-4,6,8,14H,5H2,1-2H3,(H2,13,17)(H,15,16). The highest BCUT2D eigenvalue weighted by Gasteiger charge is 2.13. The summed E-state index contributed by atoms with van der Waals surface area (Å²) in [7, 11) is 0. The predicted molar refractivity (Wildman–Crippen MR) is 66.5 cm³/mol. The van der Waals surface area contributed by atoms with Crippen LogP contribution in [0, 0.1) is 6.92 Å². The Morgan fingerprint density at radius 1 is 1.61 bits per heavy atom. The Morgan fingerprint density at radius 2 is 2.39 bits per heavy atom. The van der Waals surface area contributed by atoms with E-state index in [0.29, 0.717) is 6.54 Å². The molecular formula is C12H16N4O2. The SMILES string of the molecule is Cc1ccc(-c2[nH]ncc2CNC(C)C(N)=O)o1. The molecule has 2 heterocycles. The fraction of sp³-hybridized carbons (Fsp3) is 0.333. The van der Waals surface area contributed by atoms with Gasteiger partial charge in [-0.1, -0.05) is 0 Å². The molecule has 0 aliphatic rings. The molecule has 0 saturated carbocycles. The van der Waals surface area contributed by atoms with E-state index in [0.717, 1.165) is 22.8 Å². The summed E-state index contributed by atoms with van der Waals surface area (Å²) in [5.74, 6) is 1.19. The van der Waals surface area contributed by atoms with Gasteiger partial charge in [0.2, 0.25) is 5.91 Å². The average molecular weight is 248 g/mol. The van der Waals surface area contributed by atoms with E-state index in [-0.39, 0.29) is 11.9 Å². The quantitative estimate of drug-likeness (QED) is 0.733. The predicted octanol–water partition coefficient (Wildman–Crippen LogP) is 0.942. The van der Waals surface area contributed by atoms with E-state index in [1.807, 2.05) is 19.1 Å². The number of H-pyrrole nitrogens is 1. The fourth-order valence-electron chi connectivity index (χ4n) is 1.59. The third-order valence-corrected chi connectivity index (χ3v) is 2.73. The first kappa shape index (κ1) is 12.4. The lowest BCUT2D eigenvalue weighted by Gasteiger charge is -2.09. The lowest BCUT2D eigenvalue weighted by atomic mass is 10.2. The average Bonchev–Trinajstić information content (AvgIpc) is 2.93. The second-order valence-electron chi connectivity index (χ2n) is 4.19. The van der Waals surface area contributed by atoms with E-state index in [1.54, 1.807) is 13.1 Å². The second kappa shape index (κ2) is 5.05. The van der Waals surface area contributed by atoms with E-state index in [4.69, 9.17) is 10.2 Å². The van der Waals surface area contributed by atoms with Gasteiger partial charge in [0.05, 0.1) is 12.2 Å². The molecule has 0 saturated heterocycles. The van der Waals surface area contributed by atoms with Crippen molar-refractivity contribution in [2.45, 2.75) is 26.4 Å². The number of amides is 1. The number of aromatic amines is 1. The van der Waals surface area contributed by atoms with Crippen LogP contribution in [-0.4, -0.2) is 22.1 Å². The van der Waals surface area contributed by atoms with Crippen LogP contribution in [0.1, 0.15) is 18.2 Å². The molecule has 6 heteroatoms. The largest absolute Gasteiger partial charge is 0.460 e. The molecule has 1 amide bonds. The molecule has 0 aromatic carbocycles. The van der Waals surface area contributed by atoms with Crippen molar-refractivity contribution in [3.63, 3.8) is 0 Å². The van der Waals surface area contributed by atoms with Crippen LogP contribution in [-0.2, 0) is 11.3 Å². The highest BCUT2D eigenvalue weighted by atomic mass is 16.3. The topological polar surface area (TPSA) is 96.9 Å². The molecule has 0 spiro atoms. The molecule has 1 atom stereocenters. The van der Waals surface area contributed by atoms with Crippen molar-refractivity contribution >= 4 is 5.91 Å². The summed E-state index contributed by atoms with van der Waals surface area (Å²) in [6.45, 7) is 4.10. The Morgan fingerprint density at radius 3 is 3.00 bits per heavy atom.